The summed E-state index contributed by atoms with van der Waals surface area (Å²) < 4.78 is 0. The first-order valence-electron chi connectivity index (χ1n) is 11.0. The smallest absolute Gasteiger partial charge is 0.253 e. The van der Waals surface area contributed by atoms with Crippen molar-refractivity contribution in [1.29, 1.82) is 0 Å². The van der Waals surface area contributed by atoms with Crippen molar-refractivity contribution in [2.24, 2.45) is 5.92 Å². The molecule has 0 aliphatic carbocycles. The number of imide groups is 1. The van der Waals surface area contributed by atoms with Gasteiger partial charge in [-0.15, -0.1) is 0 Å². The lowest BCUT2D eigenvalue weighted by atomic mass is 10.0. The van der Waals surface area contributed by atoms with Gasteiger partial charge in [-0.2, -0.15) is 0 Å². The zero-order valence-corrected chi connectivity index (χ0v) is 19.2. The van der Waals surface area contributed by atoms with Crippen LogP contribution in [0.2, 0.25) is 0 Å². The fourth-order valence-corrected chi connectivity index (χ4v) is 3.16. The Kier molecular flexibility index (Phi) is 10.9. The molecular weight excluding hydrogens is 400 g/mol. The molecule has 0 saturated carbocycles. The van der Waals surface area contributed by atoms with Crippen molar-refractivity contribution in [1.82, 2.24) is 20.9 Å². The molecule has 174 valence electrons. The number of hydrogen-bond acceptors (Lipinski definition) is 5. The first-order valence-corrected chi connectivity index (χ1v) is 11.0. The molecule has 0 spiro atoms. The van der Waals surface area contributed by atoms with Crippen molar-refractivity contribution in [3.63, 3.8) is 0 Å². The van der Waals surface area contributed by atoms with Gasteiger partial charge in [0.25, 0.3) is 11.8 Å². The van der Waals surface area contributed by atoms with Crippen LogP contribution in [0.15, 0.2) is 12.2 Å². The lowest BCUT2D eigenvalue weighted by Gasteiger charge is -2.25. The Bertz CT molecular complexity index is 684. The minimum atomic E-state index is -0.737. The lowest BCUT2D eigenvalue weighted by molar-refractivity contribution is -0.137. The summed E-state index contributed by atoms with van der Waals surface area (Å²) in [6.45, 7) is 9.51. The summed E-state index contributed by atoms with van der Waals surface area (Å²) in [4.78, 5) is 61.4. The Morgan fingerprint density at radius 2 is 1.48 bits per heavy atom. The molecule has 0 radical (unpaired) electrons. The Morgan fingerprint density at radius 3 is 2.00 bits per heavy atom. The number of unbranched alkanes of at least 4 members (excludes halogenated alkanes) is 2. The topological polar surface area (TPSA) is 125 Å². The third-order valence-corrected chi connectivity index (χ3v) is 4.92. The summed E-state index contributed by atoms with van der Waals surface area (Å²) in [7, 11) is 0. The van der Waals surface area contributed by atoms with Gasteiger partial charge in [-0.1, -0.05) is 27.2 Å². The number of carbonyl (C=O) groups is 5. The summed E-state index contributed by atoms with van der Waals surface area (Å²) in [5.74, 6) is -1.63. The quantitative estimate of drug-likeness (QED) is 0.294. The van der Waals surface area contributed by atoms with E-state index in [-0.39, 0.29) is 47.9 Å². The molecule has 1 rings (SSSR count). The highest BCUT2D eigenvalue weighted by Crippen LogP contribution is 2.09. The first-order chi connectivity index (χ1) is 14.6. The van der Waals surface area contributed by atoms with Crippen LogP contribution in [0.1, 0.15) is 66.7 Å². The van der Waals surface area contributed by atoms with Gasteiger partial charge in [0.15, 0.2) is 0 Å². The van der Waals surface area contributed by atoms with E-state index in [4.69, 9.17) is 0 Å². The molecule has 0 fully saturated rings. The minimum absolute atomic E-state index is 0.0305. The fourth-order valence-electron chi connectivity index (χ4n) is 3.16. The molecule has 1 heterocycles. The zero-order chi connectivity index (χ0) is 23.6. The predicted octanol–water partition coefficient (Wildman–Crippen LogP) is 1.03. The molecule has 0 bridgehead atoms. The average molecular weight is 437 g/mol. The van der Waals surface area contributed by atoms with Crippen molar-refractivity contribution in [3.8, 4) is 0 Å². The second-order valence-corrected chi connectivity index (χ2v) is 8.39. The van der Waals surface area contributed by atoms with Crippen LogP contribution in [0.3, 0.4) is 0 Å². The molecular formula is C22H36N4O5. The van der Waals surface area contributed by atoms with Crippen molar-refractivity contribution in [2.45, 2.75) is 84.8 Å². The van der Waals surface area contributed by atoms with Crippen LogP contribution in [0.4, 0.5) is 0 Å². The summed E-state index contributed by atoms with van der Waals surface area (Å²) in [5.41, 5.74) is 0. The summed E-state index contributed by atoms with van der Waals surface area (Å²) in [6.07, 6.45) is 5.06. The van der Waals surface area contributed by atoms with Crippen LogP contribution in [0.5, 0.6) is 0 Å². The third kappa shape index (κ3) is 8.90. The summed E-state index contributed by atoms with van der Waals surface area (Å²) >= 11 is 0. The largest absolute Gasteiger partial charge is 0.352 e. The standard InChI is InChI=1S/C22H36N4O5/c1-6-16(21(30)23-15(4)5)24-22(31)20(14(2)3)25-17(27)10-8-7-9-13-26-18(28)11-12-19(26)29/h11-12,14-16,20H,6-10,13H2,1-5H3,(H,23,30)(H,24,31)(H,25,27)/t16-,20-/m0/s1. The van der Waals surface area contributed by atoms with Gasteiger partial charge in [-0.05, 0) is 39.0 Å². The number of amides is 5. The molecule has 0 unspecified atom stereocenters. The van der Waals surface area contributed by atoms with Gasteiger partial charge >= 0.3 is 0 Å². The Labute approximate surface area is 184 Å². The number of rotatable bonds is 13. The fraction of sp³-hybridized carbons (Fsp3) is 0.682. The van der Waals surface area contributed by atoms with Crippen molar-refractivity contribution < 1.29 is 24.0 Å². The highest BCUT2D eigenvalue weighted by atomic mass is 16.2. The molecule has 9 heteroatoms. The second-order valence-electron chi connectivity index (χ2n) is 8.39. The van der Waals surface area contributed by atoms with Crippen LogP contribution >= 0.6 is 0 Å². The van der Waals surface area contributed by atoms with Gasteiger partial charge in [-0.25, -0.2) is 0 Å². The van der Waals surface area contributed by atoms with Crippen molar-refractivity contribution in [2.75, 3.05) is 6.54 Å². The van der Waals surface area contributed by atoms with Gasteiger partial charge in [0.05, 0.1) is 0 Å². The predicted molar refractivity (Wildman–Crippen MR) is 117 cm³/mol. The van der Waals surface area contributed by atoms with Crippen molar-refractivity contribution >= 4 is 29.5 Å². The molecule has 0 aromatic heterocycles. The molecule has 0 saturated heterocycles. The first kappa shape index (κ1) is 26.3. The van der Waals surface area contributed by atoms with E-state index in [0.29, 0.717) is 32.2 Å². The number of hydrogen-bond donors (Lipinski definition) is 3. The molecule has 5 amide bonds. The highest BCUT2D eigenvalue weighted by Gasteiger charge is 2.28. The van der Waals surface area contributed by atoms with Gasteiger partial charge < -0.3 is 16.0 Å². The van der Waals surface area contributed by atoms with E-state index in [1.165, 1.54) is 17.1 Å². The van der Waals surface area contributed by atoms with Gasteiger partial charge in [0, 0.05) is 31.2 Å². The van der Waals surface area contributed by atoms with E-state index < -0.39 is 12.1 Å². The maximum Gasteiger partial charge on any atom is 0.253 e. The number of nitrogens with one attached hydrogen (secondary N) is 3. The third-order valence-electron chi connectivity index (χ3n) is 4.92. The summed E-state index contributed by atoms with van der Waals surface area (Å²) in [5, 5.41) is 8.28. The lowest BCUT2D eigenvalue weighted by Crippen LogP contribution is -2.55. The second kappa shape index (κ2) is 12.9. The van der Waals surface area contributed by atoms with E-state index >= 15 is 0 Å². The van der Waals surface area contributed by atoms with Crippen LogP contribution in [0, 0.1) is 5.92 Å². The highest BCUT2D eigenvalue weighted by molar-refractivity contribution is 6.12. The molecule has 0 aromatic carbocycles. The number of carbonyl (C=O) groups excluding carboxylic acids is 5. The molecule has 1 aliphatic rings. The monoisotopic (exact) mass is 436 g/mol. The Morgan fingerprint density at radius 1 is 0.871 bits per heavy atom. The van der Waals surface area contributed by atoms with Crippen molar-refractivity contribution in [3.05, 3.63) is 12.2 Å². The molecule has 9 nitrogen and oxygen atoms in total. The van der Waals surface area contributed by atoms with Gasteiger partial charge in [-0.3, -0.25) is 28.9 Å². The van der Waals surface area contributed by atoms with Crippen LogP contribution in [-0.2, 0) is 24.0 Å². The molecule has 31 heavy (non-hydrogen) atoms. The van der Waals surface area contributed by atoms with E-state index in [0.717, 1.165) is 0 Å². The summed E-state index contributed by atoms with van der Waals surface area (Å²) in [6, 6.07) is -1.42. The zero-order valence-electron chi connectivity index (χ0n) is 19.2. The van der Waals surface area contributed by atoms with Crippen LogP contribution < -0.4 is 16.0 Å². The number of nitrogens with zero attached hydrogens (tertiary/aromatic N) is 1. The van der Waals surface area contributed by atoms with E-state index in [1.54, 1.807) is 0 Å². The maximum absolute atomic E-state index is 12.7. The van der Waals surface area contributed by atoms with Gasteiger partial charge in [0.2, 0.25) is 17.7 Å². The molecule has 2 atom stereocenters. The van der Waals surface area contributed by atoms with Crippen LogP contribution in [-0.4, -0.2) is 59.1 Å². The minimum Gasteiger partial charge on any atom is -0.352 e. The molecule has 1 aliphatic heterocycles. The molecule has 0 aromatic rings. The SMILES string of the molecule is CC[C@H](NC(=O)[C@@H](NC(=O)CCCCCN1C(=O)C=CC1=O)C(C)C)C(=O)NC(C)C. The maximum atomic E-state index is 12.7. The van der Waals surface area contributed by atoms with Crippen LogP contribution in [0.25, 0.3) is 0 Å². The normalized spacial score (nSPS) is 15.4. The molecule has 3 N–H and O–H groups in total. The van der Waals surface area contributed by atoms with E-state index in [1.807, 2.05) is 34.6 Å². The Balaban J connectivity index is 2.44. The van der Waals surface area contributed by atoms with Gasteiger partial charge in [0.1, 0.15) is 12.1 Å². The van der Waals surface area contributed by atoms with E-state index in [9.17, 15) is 24.0 Å². The average Bonchev–Trinajstić information content (AvgIpc) is 3.00. The van der Waals surface area contributed by atoms with E-state index in [2.05, 4.69) is 16.0 Å². The Hall–Kier alpha value is -2.71.